The van der Waals surface area contributed by atoms with E-state index in [1.807, 2.05) is 23.6 Å². The Bertz CT molecular complexity index is 760. The van der Waals surface area contributed by atoms with Gasteiger partial charge in [-0.05, 0) is 31.2 Å². The third-order valence-electron chi connectivity index (χ3n) is 3.67. The van der Waals surface area contributed by atoms with Crippen LogP contribution in [0.2, 0.25) is 0 Å². The van der Waals surface area contributed by atoms with Crippen LogP contribution < -0.4 is 26.4 Å². The van der Waals surface area contributed by atoms with Crippen molar-refractivity contribution in [1.82, 2.24) is 4.98 Å². The number of azo groups is 1. The van der Waals surface area contributed by atoms with E-state index in [4.69, 9.17) is 0 Å². The minimum Gasteiger partial charge on any atom is -1.00 e. The number of thiazole rings is 1. The second kappa shape index (κ2) is 10.0. The van der Waals surface area contributed by atoms with Gasteiger partial charge in [0.1, 0.15) is 0 Å². The number of likely N-dealkylation sites (N-methyl/N-ethyl adjacent to an activating group) is 1. The van der Waals surface area contributed by atoms with Gasteiger partial charge in [0.25, 0.3) is 0 Å². The van der Waals surface area contributed by atoms with Crippen molar-refractivity contribution in [3.63, 3.8) is 0 Å². The molecule has 130 valence electrons. The van der Waals surface area contributed by atoms with Crippen LogP contribution in [0.3, 0.4) is 0 Å². The zero-order chi connectivity index (χ0) is 16.6. The normalized spacial score (nSPS) is 10.6. The molecule has 0 spiro atoms. The van der Waals surface area contributed by atoms with Gasteiger partial charge in [-0.1, -0.05) is 6.07 Å². The molecule has 0 atom stereocenters. The Labute approximate surface area is 162 Å². The fourth-order valence-electron chi connectivity index (χ4n) is 2.39. The van der Waals surface area contributed by atoms with Gasteiger partial charge in [-0.25, -0.2) is 9.55 Å². The highest BCUT2D eigenvalue weighted by atomic mass is 79.9. The summed E-state index contributed by atoms with van der Waals surface area (Å²) in [4.78, 5) is 6.44. The van der Waals surface area contributed by atoms with Crippen LogP contribution in [0.25, 0.3) is 0 Å². The molecule has 0 bridgehead atoms. The number of rotatable bonds is 7. The zero-order valence-electron chi connectivity index (χ0n) is 14.0. The summed E-state index contributed by atoms with van der Waals surface area (Å²) in [7, 11) is 0. The largest absolute Gasteiger partial charge is 1.00 e. The quantitative estimate of drug-likeness (QED) is 0.430. The number of anilines is 1. The topological polar surface area (TPSA) is 44.7 Å². The van der Waals surface area contributed by atoms with Crippen molar-refractivity contribution in [3.8, 4) is 0 Å². The average Bonchev–Trinajstić information content (AvgIpc) is 3.16. The summed E-state index contributed by atoms with van der Waals surface area (Å²) in [5, 5.41) is 10.9. The molecule has 2 aromatic heterocycles. The molecule has 0 radical (unpaired) electrons. The van der Waals surface area contributed by atoms with E-state index in [1.165, 1.54) is 17.0 Å². The number of halogens is 1. The lowest BCUT2D eigenvalue weighted by molar-refractivity contribution is -0.694. The Kier molecular flexibility index (Phi) is 7.69. The number of nitrogens with zero attached hydrogens (tertiary/aromatic N) is 5. The van der Waals surface area contributed by atoms with E-state index in [-0.39, 0.29) is 17.0 Å². The summed E-state index contributed by atoms with van der Waals surface area (Å²) in [5.41, 5.74) is 2.03. The lowest BCUT2D eigenvalue weighted by atomic mass is 10.2. The molecule has 0 fully saturated rings. The van der Waals surface area contributed by atoms with Crippen LogP contribution >= 0.6 is 11.3 Å². The van der Waals surface area contributed by atoms with Gasteiger partial charge < -0.3 is 21.9 Å². The van der Waals surface area contributed by atoms with Crippen LogP contribution in [0.4, 0.5) is 16.5 Å². The van der Waals surface area contributed by atoms with E-state index in [0.29, 0.717) is 5.13 Å². The van der Waals surface area contributed by atoms with E-state index in [0.717, 1.165) is 25.3 Å². The van der Waals surface area contributed by atoms with Crippen molar-refractivity contribution in [2.75, 3.05) is 18.0 Å². The predicted octanol–water partition coefficient (Wildman–Crippen LogP) is 1.38. The lowest BCUT2D eigenvalue weighted by Crippen LogP contribution is -3.00. The van der Waals surface area contributed by atoms with Gasteiger partial charge in [0.15, 0.2) is 18.9 Å². The minimum atomic E-state index is 0. The van der Waals surface area contributed by atoms with Crippen molar-refractivity contribution in [1.29, 1.82) is 0 Å². The Hall–Kier alpha value is -2.12. The molecule has 0 aliphatic heterocycles. The summed E-state index contributed by atoms with van der Waals surface area (Å²) >= 11 is 1.48. The molecule has 0 unspecified atom stereocenters. The smallest absolute Gasteiger partial charge is 0.229 e. The van der Waals surface area contributed by atoms with Crippen molar-refractivity contribution >= 4 is 27.8 Å². The van der Waals surface area contributed by atoms with Gasteiger partial charge in [0.05, 0.1) is 12.2 Å². The van der Waals surface area contributed by atoms with Crippen LogP contribution in [0.15, 0.2) is 76.7 Å². The van der Waals surface area contributed by atoms with Gasteiger partial charge in [-0.15, -0.1) is 21.6 Å². The highest BCUT2D eigenvalue weighted by Crippen LogP contribution is 2.23. The third kappa shape index (κ3) is 5.72. The maximum absolute atomic E-state index is 4.22. The molecular formula is C18H20BrN5S. The molecule has 0 saturated carbocycles. The molecule has 0 N–H and O–H groups in total. The average molecular weight is 418 g/mol. The summed E-state index contributed by atoms with van der Waals surface area (Å²) in [5.74, 6) is 0. The van der Waals surface area contributed by atoms with Crippen molar-refractivity contribution in [3.05, 3.63) is 66.4 Å². The Morgan fingerprint density at radius 2 is 1.84 bits per heavy atom. The first-order valence-electron chi connectivity index (χ1n) is 7.95. The molecule has 0 aliphatic carbocycles. The number of hydrogen-bond acceptors (Lipinski definition) is 5. The Morgan fingerprint density at radius 3 is 2.48 bits per heavy atom. The molecule has 1 aromatic carbocycles. The molecule has 7 heteroatoms. The van der Waals surface area contributed by atoms with E-state index >= 15 is 0 Å². The number of hydrogen-bond donors (Lipinski definition) is 0. The first-order valence-corrected chi connectivity index (χ1v) is 8.83. The van der Waals surface area contributed by atoms with E-state index in [9.17, 15) is 0 Å². The number of benzene rings is 1. The van der Waals surface area contributed by atoms with E-state index in [1.54, 1.807) is 6.20 Å². The molecule has 0 saturated heterocycles. The minimum absolute atomic E-state index is 0. The molecule has 25 heavy (non-hydrogen) atoms. The first-order chi connectivity index (χ1) is 11.8. The molecular weight excluding hydrogens is 398 g/mol. The van der Waals surface area contributed by atoms with Crippen molar-refractivity contribution < 1.29 is 21.5 Å². The van der Waals surface area contributed by atoms with Crippen molar-refractivity contribution in [2.45, 2.75) is 13.5 Å². The van der Waals surface area contributed by atoms with Crippen LogP contribution in [0.5, 0.6) is 0 Å². The number of pyridine rings is 1. The molecule has 3 aromatic rings. The van der Waals surface area contributed by atoms with E-state index in [2.05, 4.69) is 68.3 Å². The predicted molar refractivity (Wildman–Crippen MR) is 97.3 cm³/mol. The highest BCUT2D eigenvalue weighted by Gasteiger charge is 2.07. The Morgan fingerprint density at radius 1 is 1.08 bits per heavy atom. The maximum atomic E-state index is 4.22. The lowest BCUT2D eigenvalue weighted by Gasteiger charge is -2.21. The SMILES string of the molecule is CCN(CC[n+]1ccccc1)c1ccc(N=Nc2nccs2)cc1.[Br-]. The molecule has 0 amide bonds. The van der Waals surface area contributed by atoms with Crippen LogP contribution in [-0.4, -0.2) is 18.1 Å². The van der Waals surface area contributed by atoms with Gasteiger partial charge >= 0.3 is 0 Å². The number of aromatic nitrogens is 2. The summed E-state index contributed by atoms with van der Waals surface area (Å²) in [6, 6.07) is 14.3. The van der Waals surface area contributed by atoms with Gasteiger partial charge in [-0.3, -0.25) is 0 Å². The van der Waals surface area contributed by atoms with Gasteiger partial charge in [-0.2, -0.15) is 0 Å². The Balaban J connectivity index is 0.00000225. The highest BCUT2D eigenvalue weighted by molar-refractivity contribution is 7.13. The van der Waals surface area contributed by atoms with Crippen LogP contribution in [0.1, 0.15) is 6.92 Å². The molecule has 0 aliphatic rings. The van der Waals surface area contributed by atoms with Crippen LogP contribution in [0, 0.1) is 0 Å². The molecule has 3 rings (SSSR count). The second-order valence-corrected chi connectivity index (χ2v) is 6.10. The van der Waals surface area contributed by atoms with Crippen molar-refractivity contribution in [2.24, 2.45) is 10.2 Å². The van der Waals surface area contributed by atoms with Crippen LogP contribution in [-0.2, 0) is 6.54 Å². The molecule has 5 nitrogen and oxygen atoms in total. The fourth-order valence-corrected chi connectivity index (χ4v) is 2.84. The maximum Gasteiger partial charge on any atom is 0.229 e. The monoisotopic (exact) mass is 417 g/mol. The van der Waals surface area contributed by atoms with E-state index < -0.39 is 0 Å². The first kappa shape index (κ1) is 19.2. The standard InChI is InChI=1S/C18H20N5S.BrH/c1-2-23(14-13-22-11-4-3-5-12-22)17-8-6-16(7-9-17)20-21-18-19-10-15-24-18;/h3-12,15H,2,13-14H2,1H3;1H/q+1;/p-1. The third-order valence-corrected chi connectivity index (χ3v) is 4.33. The second-order valence-electron chi connectivity index (χ2n) is 5.22. The van der Waals surface area contributed by atoms with Gasteiger partial charge in [0.2, 0.25) is 5.13 Å². The summed E-state index contributed by atoms with van der Waals surface area (Å²) in [6.45, 7) is 5.06. The van der Waals surface area contributed by atoms with Gasteiger partial charge in [0, 0.05) is 35.9 Å². The summed E-state index contributed by atoms with van der Waals surface area (Å²) in [6.07, 6.45) is 5.91. The zero-order valence-corrected chi connectivity index (χ0v) is 16.4. The summed E-state index contributed by atoms with van der Waals surface area (Å²) < 4.78 is 2.19. The molecule has 2 heterocycles. The fraction of sp³-hybridized carbons (Fsp3) is 0.222.